The molecule has 0 saturated carbocycles. The van der Waals surface area contributed by atoms with Crippen LogP contribution in [-0.4, -0.2) is 18.7 Å². The number of hydrogen-bond acceptors (Lipinski definition) is 4. The normalized spacial score (nSPS) is 11.1. The molecule has 0 atom stereocenters. The van der Waals surface area contributed by atoms with Crippen LogP contribution < -0.4 is 15.5 Å². The number of carbonyl (C=O) groups is 1. The number of hydrazone groups is 1. The van der Waals surface area contributed by atoms with E-state index >= 15 is 0 Å². The van der Waals surface area contributed by atoms with Crippen molar-refractivity contribution in [1.29, 1.82) is 0 Å². The molecule has 0 radical (unpaired) electrons. The first-order valence-corrected chi connectivity index (χ1v) is 13.4. The van der Waals surface area contributed by atoms with Crippen LogP contribution in [0.15, 0.2) is 77.9 Å². The van der Waals surface area contributed by atoms with Crippen molar-refractivity contribution in [2.24, 2.45) is 5.10 Å². The van der Waals surface area contributed by atoms with Crippen molar-refractivity contribution in [2.75, 3.05) is 11.9 Å². The Morgan fingerprint density at radius 1 is 0.971 bits per heavy atom. The monoisotopic (exact) mass is 729 g/mol. The molecule has 5 nitrogen and oxygen atoms in total. The molecule has 0 saturated heterocycles. The summed E-state index contributed by atoms with van der Waals surface area (Å²) in [7, 11) is 0. The van der Waals surface area contributed by atoms with Crippen LogP contribution >= 0.6 is 68.4 Å². The summed E-state index contributed by atoms with van der Waals surface area (Å²) in [6.07, 6.45) is 1.61. The van der Waals surface area contributed by atoms with E-state index in [-0.39, 0.29) is 12.5 Å². The molecule has 0 aliphatic carbocycles. The Bertz CT molecular complexity index is 1380. The largest absolute Gasteiger partial charge is 0.487 e. The Kier molecular flexibility index (Phi) is 9.10. The first kappa shape index (κ1) is 26.0. The van der Waals surface area contributed by atoms with E-state index in [1.54, 1.807) is 18.3 Å². The number of rotatable bonds is 8. The summed E-state index contributed by atoms with van der Waals surface area (Å²) in [5, 5.41) is 10.6. The van der Waals surface area contributed by atoms with Gasteiger partial charge in [0.1, 0.15) is 12.4 Å². The summed E-state index contributed by atoms with van der Waals surface area (Å²) in [6.45, 7) is 0.440. The summed E-state index contributed by atoms with van der Waals surface area (Å²) in [4.78, 5) is 12.3. The average molecular weight is 730 g/mol. The molecule has 1 amide bonds. The maximum atomic E-state index is 12.3. The van der Waals surface area contributed by atoms with E-state index in [0.29, 0.717) is 16.7 Å². The summed E-state index contributed by atoms with van der Waals surface area (Å²) in [5.74, 6) is 0.524. The molecule has 2 N–H and O–H groups in total. The van der Waals surface area contributed by atoms with Gasteiger partial charge in [-0.25, -0.2) is 5.43 Å². The van der Waals surface area contributed by atoms with Crippen molar-refractivity contribution in [2.45, 2.75) is 6.61 Å². The van der Waals surface area contributed by atoms with Gasteiger partial charge in [-0.15, -0.1) is 0 Å². The maximum absolute atomic E-state index is 12.3. The molecular weight excluding hydrogens is 711 g/mol. The van der Waals surface area contributed by atoms with Gasteiger partial charge in [0.15, 0.2) is 0 Å². The van der Waals surface area contributed by atoms with Crippen LogP contribution in [0.25, 0.3) is 10.8 Å². The number of amides is 1. The van der Waals surface area contributed by atoms with E-state index in [4.69, 9.17) is 27.9 Å². The van der Waals surface area contributed by atoms with Crippen LogP contribution in [-0.2, 0) is 11.4 Å². The zero-order valence-electron chi connectivity index (χ0n) is 18.2. The molecule has 0 aliphatic rings. The number of nitrogens with one attached hydrogen (secondary N) is 2. The van der Waals surface area contributed by atoms with Crippen LogP contribution in [0.5, 0.6) is 5.75 Å². The van der Waals surface area contributed by atoms with Gasteiger partial charge >= 0.3 is 0 Å². The third kappa shape index (κ3) is 6.99. The first-order valence-electron chi connectivity index (χ1n) is 10.5. The van der Waals surface area contributed by atoms with Crippen molar-refractivity contribution in [1.82, 2.24) is 5.43 Å². The summed E-state index contributed by atoms with van der Waals surface area (Å²) in [6, 6.07) is 23.2. The van der Waals surface area contributed by atoms with E-state index < -0.39 is 0 Å². The number of fused-ring (bicyclic) bond motifs is 1. The number of halogens is 4. The second-order valence-electron chi connectivity index (χ2n) is 7.51. The predicted molar refractivity (Wildman–Crippen MR) is 161 cm³/mol. The number of benzene rings is 4. The van der Waals surface area contributed by atoms with Crippen molar-refractivity contribution in [3.63, 3.8) is 0 Å². The van der Waals surface area contributed by atoms with E-state index in [9.17, 15) is 4.79 Å². The minimum absolute atomic E-state index is 0.112. The molecule has 0 aliphatic heterocycles. The van der Waals surface area contributed by atoms with E-state index in [1.807, 2.05) is 60.7 Å². The topological polar surface area (TPSA) is 62.7 Å². The zero-order valence-corrected chi connectivity index (χ0v) is 24.0. The predicted octanol–water partition coefficient (Wildman–Crippen LogP) is 7.50. The Labute approximate surface area is 240 Å². The third-order valence-electron chi connectivity index (χ3n) is 5.04. The van der Waals surface area contributed by atoms with Crippen molar-refractivity contribution in [3.05, 3.63) is 101 Å². The Hall–Kier alpha value is -2.08. The smallest absolute Gasteiger partial charge is 0.259 e. The van der Waals surface area contributed by atoms with Crippen LogP contribution in [0.4, 0.5) is 5.69 Å². The molecule has 4 aromatic carbocycles. The lowest BCUT2D eigenvalue weighted by atomic mass is 10.1. The van der Waals surface area contributed by atoms with Gasteiger partial charge in [-0.05, 0) is 86.5 Å². The molecule has 0 unspecified atom stereocenters. The standard InChI is InChI=1S/C26H19Cl2I2N3O2/c27-19-9-8-18(21(28)12-19)15-35-26-22(29)10-16(11-23(26)30)13-32-33-25(34)14-31-24-7-3-5-17-4-1-2-6-20(17)24/h1-13,31H,14-15H2,(H,33,34)/b32-13-. The van der Waals surface area contributed by atoms with Crippen LogP contribution in [0, 0.1) is 7.14 Å². The molecular formula is C26H19Cl2I2N3O2. The molecule has 178 valence electrons. The fourth-order valence-electron chi connectivity index (χ4n) is 3.35. The molecule has 9 heteroatoms. The molecule has 35 heavy (non-hydrogen) atoms. The molecule has 0 heterocycles. The first-order chi connectivity index (χ1) is 16.9. The Balaban J connectivity index is 1.33. The van der Waals surface area contributed by atoms with Gasteiger partial charge in [-0.2, -0.15) is 5.10 Å². The van der Waals surface area contributed by atoms with Gasteiger partial charge in [-0.1, -0.05) is 65.7 Å². The fourth-order valence-corrected chi connectivity index (χ4v) is 5.94. The van der Waals surface area contributed by atoms with E-state index in [1.165, 1.54) is 0 Å². The van der Waals surface area contributed by atoms with Crippen molar-refractivity contribution < 1.29 is 9.53 Å². The second-order valence-corrected chi connectivity index (χ2v) is 10.7. The SMILES string of the molecule is O=C(CNc1cccc2ccccc12)N/N=C\c1cc(I)c(OCc2ccc(Cl)cc2Cl)c(I)c1. The Morgan fingerprint density at radius 2 is 1.71 bits per heavy atom. The van der Waals surface area contributed by atoms with Crippen molar-refractivity contribution >= 4 is 97.0 Å². The Morgan fingerprint density at radius 3 is 2.49 bits per heavy atom. The lowest BCUT2D eigenvalue weighted by molar-refractivity contribution is -0.119. The lowest BCUT2D eigenvalue weighted by Crippen LogP contribution is -2.25. The van der Waals surface area contributed by atoms with Gasteiger partial charge in [0.05, 0.1) is 19.9 Å². The highest BCUT2D eigenvalue weighted by atomic mass is 127. The lowest BCUT2D eigenvalue weighted by Gasteiger charge is -2.12. The minimum atomic E-state index is -0.238. The van der Waals surface area contributed by atoms with E-state index in [0.717, 1.165) is 40.5 Å². The molecule has 0 fully saturated rings. The van der Waals surface area contributed by atoms with Gasteiger partial charge in [0.2, 0.25) is 0 Å². The molecule has 4 aromatic rings. The summed E-state index contributed by atoms with van der Waals surface area (Å²) < 4.78 is 7.85. The highest BCUT2D eigenvalue weighted by molar-refractivity contribution is 14.1. The van der Waals surface area contributed by atoms with Gasteiger partial charge in [0.25, 0.3) is 5.91 Å². The van der Waals surface area contributed by atoms with Crippen LogP contribution in [0.3, 0.4) is 0 Å². The number of hydrogen-bond donors (Lipinski definition) is 2. The summed E-state index contributed by atoms with van der Waals surface area (Å²) >= 11 is 16.6. The molecule has 0 spiro atoms. The van der Waals surface area contributed by atoms with Gasteiger partial charge < -0.3 is 10.1 Å². The molecule has 4 rings (SSSR count). The average Bonchev–Trinajstić information content (AvgIpc) is 2.83. The molecule has 0 aromatic heterocycles. The number of carbonyl (C=O) groups excluding carboxylic acids is 1. The minimum Gasteiger partial charge on any atom is -0.487 e. The molecule has 0 bridgehead atoms. The highest BCUT2D eigenvalue weighted by Crippen LogP contribution is 2.30. The maximum Gasteiger partial charge on any atom is 0.259 e. The summed E-state index contributed by atoms with van der Waals surface area (Å²) in [5.41, 5.74) is 5.17. The highest BCUT2D eigenvalue weighted by Gasteiger charge is 2.10. The van der Waals surface area contributed by atoms with E-state index in [2.05, 4.69) is 61.0 Å². The zero-order chi connectivity index (χ0) is 24.8. The fraction of sp³-hybridized carbons (Fsp3) is 0.0769. The third-order valence-corrected chi connectivity index (χ3v) is 7.23. The van der Waals surface area contributed by atoms with Gasteiger partial charge in [-0.3, -0.25) is 4.79 Å². The van der Waals surface area contributed by atoms with Crippen molar-refractivity contribution in [3.8, 4) is 5.75 Å². The number of ether oxygens (including phenoxy) is 1. The second kappa shape index (κ2) is 12.2. The van der Waals surface area contributed by atoms with Gasteiger partial charge in [0, 0.05) is 26.7 Å². The quantitative estimate of drug-likeness (QED) is 0.112. The van der Waals surface area contributed by atoms with Crippen LogP contribution in [0.1, 0.15) is 11.1 Å². The number of anilines is 1. The number of nitrogens with zero attached hydrogens (tertiary/aromatic N) is 1. The van der Waals surface area contributed by atoms with Crippen LogP contribution in [0.2, 0.25) is 10.0 Å².